The first kappa shape index (κ1) is 19.5. The van der Waals surface area contributed by atoms with E-state index in [1.807, 2.05) is 42.5 Å². The molecule has 152 valence electrons. The Kier molecular flexibility index (Phi) is 5.66. The third-order valence-corrected chi connectivity index (χ3v) is 4.98. The van der Waals surface area contributed by atoms with Crippen LogP contribution in [-0.4, -0.2) is 25.5 Å². The molecular weight excluding hydrogens is 380 g/mol. The molecule has 1 heterocycles. The Labute approximate surface area is 175 Å². The van der Waals surface area contributed by atoms with Crippen LogP contribution in [0.1, 0.15) is 6.42 Å². The van der Waals surface area contributed by atoms with Crippen molar-refractivity contribution in [3.05, 3.63) is 78.9 Å². The van der Waals surface area contributed by atoms with Gasteiger partial charge in [0.05, 0.1) is 13.0 Å². The molecule has 6 heteroatoms. The molecular formula is C24H22N2O4. The van der Waals surface area contributed by atoms with Gasteiger partial charge in [0.2, 0.25) is 11.8 Å². The van der Waals surface area contributed by atoms with Crippen LogP contribution >= 0.6 is 0 Å². The van der Waals surface area contributed by atoms with E-state index in [2.05, 4.69) is 5.32 Å². The van der Waals surface area contributed by atoms with Gasteiger partial charge in [-0.2, -0.15) is 0 Å². The van der Waals surface area contributed by atoms with Crippen LogP contribution in [0.3, 0.4) is 0 Å². The SMILES string of the molecule is COc1ccc(N2CC(C(=O)Nc3ccc(Oc4ccccc4)cc3)CC2=O)cc1. The number of benzene rings is 3. The Bertz CT molecular complexity index is 1020. The summed E-state index contributed by atoms with van der Waals surface area (Å²) in [5.74, 6) is 1.51. The molecule has 1 N–H and O–H groups in total. The number of hydrogen-bond acceptors (Lipinski definition) is 4. The molecule has 1 unspecified atom stereocenters. The van der Waals surface area contributed by atoms with E-state index >= 15 is 0 Å². The summed E-state index contributed by atoms with van der Waals surface area (Å²) in [6.07, 6.45) is 0.188. The summed E-state index contributed by atoms with van der Waals surface area (Å²) < 4.78 is 10.9. The highest BCUT2D eigenvalue weighted by Crippen LogP contribution is 2.28. The quantitative estimate of drug-likeness (QED) is 0.660. The molecule has 4 rings (SSSR count). The molecule has 6 nitrogen and oxygen atoms in total. The third-order valence-electron chi connectivity index (χ3n) is 4.98. The van der Waals surface area contributed by atoms with Crippen molar-refractivity contribution in [2.45, 2.75) is 6.42 Å². The van der Waals surface area contributed by atoms with Gasteiger partial charge in [-0.15, -0.1) is 0 Å². The molecule has 0 radical (unpaired) electrons. The lowest BCUT2D eigenvalue weighted by Gasteiger charge is -2.17. The molecule has 1 aliphatic rings. The fourth-order valence-corrected chi connectivity index (χ4v) is 3.37. The molecule has 3 aromatic rings. The maximum absolute atomic E-state index is 12.7. The first-order valence-corrected chi connectivity index (χ1v) is 9.70. The van der Waals surface area contributed by atoms with Gasteiger partial charge in [-0.05, 0) is 60.7 Å². The lowest BCUT2D eigenvalue weighted by Crippen LogP contribution is -2.28. The van der Waals surface area contributed by atoms with Gasteiger partial charge in [0.25, 0.3) is 0 Å². The van der Waals surface area contributed by atoms with Gasteiger partial charge in [0, 0.05) is 24.3 Å². The van der Waals surface area contributed by atoms with E-state index in [4.69, 9.17) is 9.47 Å². The maximum atomic E-state index is 12.7. The highest BCUT2D eigenvalue weighted by atomic mass is 16.5. The summed E-state index contributed by atoms with van der Waals surface area (Å²) >= 11 is 0. The third kappa shape index (κ3) is 4.43. The number of anilines is 2. The van der Waals surface area contributed by atoms with E-state index in [1.165, 1.54) is 0 Å². The van der Waals surface area contributed by atoms with E-state index in [9.17, 15) is 9.59 Å². The summed E-state index contributed by atoms with van der Waals surface area (Å²) in [5, 5.41) is 2.89. The lowest BCUT2D eigenvalue weighted by atomic mass is 10.1. The normalized spacial score (nSPS) is 15.7. The van der Waals surface area contributed by atoms with Crippen LogP contribution in [0.4, 0.5) is 11.4 Å². The number of carbonyl (C=O) groups excluding carboxylic acids is 2. The van der Waals surface area contributed by atoms with Gasteiger partial charge in [-0.25, -0.2) is 0 Å². The zero-order chi connectivity index (χ0) is 20.9. The van der Waals surface area contributed by atoms with Gasteiger partial charge in [-0.3, -0.25) is 9.59 Å². The van der Waals surface area contributed by atoms with Gasteiger partial charge in [0.15, 0.2) is 0 Å². The van der Waals surface area contributed by atoms with Crippen LogP contribution in [-0.2, 0) is 9.59 Å². The van der Waals surface area contributed by atoms with E-state index in [0.717, 1.165) is 17.2 Å². The number of para-hydroxylation sites is 1. The van der Waals surface area contributed by atoms with Crippen molar-refractivity contribution in [3.8, 4) is 17.2 Å². The Balaban J connectivity index is 1.36. The Hall–Kier alpha value is -3.80. The zero-order valence-electron chi connectivity index (χ0n) is 16.6. The van der Waals surface area contributed by atoms with Gasteiger partial charge in [-0.1, -0.05) is 18.2 Å². The smallest absolute Gasteiger partial charge is 0.229 e. The van der Waals surface area contributed by atoms with E-state index in [1.54, 1.807) is 48.4 Å². The molecule has 2 amide bonds. The Morgan fingerprint density at radius 3 is 2.20 bits per heavy atom. The summed E-state index contributed by atoms with van der Waals surface area (Å²) in [5.41, 5.74) is 1.43. The molecule has 0 bridgehead atoms. The molecule has 1 atom stereocenters. The molecule has 1 fully saturated rings. The number of methoxy groups -OCH3 is 1. The monoisotopic (exact) mass is 402 g/mol. The van der Waals surface area contributed by atoms with Crippen LogP contribution in [0.5, 0.6) is 17.2 Å². The summed E-state index contributed by atoms with van der Waals surface area (Å²) in [4.78, 5) is 26.7. The van der Waals surface area contributed by atoms with Crippen LogP contribution in [0, 0.1) is 5.92 Å². The van der Waals surface area contributed by atoms with Crippen LogP contribution in [0.15, 0.2) is 78.9 Å². The minimum Gasteiger partial charge on any atom is -0.497 e. The second-order valence-corrected chi connectivity index (χ2v) is 7.03. The zero-order valence-corrected chi connectivity index (χ0v) is 16.6. The summed E-state index contributed by atoms with van der Waals surface area (Å²) in [7, 11) is 1.59. The molecule has 0 spiro atoms. The van der Waals surface area contributed by atoms with E-state index in [-0.39, 0.29) is 18.2 Å². The lowest BCUT2D eigenvalue weighted by molar-refractivity contribution is -0.122. The minimum atomic E-state index is -0.403. The highest BCUT2D eigenvalue weighted by Gasteiger charge is 2.35. The van der Waals surface area contributed by atoms with Gasteiger partial charge >= 0.3 is 0 Å². The van der Waals surface area contributed by atoms with Crippen molar-refractivity contribution in [1.82, 2.24) is 0 Å². The van der Waals surface area contributed by atoms with Crippen molar-refractivity contribution in [1.29, 1.82) is 0 Å². The second kappa shape index (κ2) is 8.69. The maximum Gasteiger partial charge on any atom is 0.229 e. The number of ether oxygens (including phenoxy) is 2. The largest absolute Gasteiger partial charge is 0.497 e. The van der Waals surface area contributed by atoms with Crippen molar-refractivity contribution in [2.75, 3.05) is 23.9 Å². The molecule has 1 saturated heterocycles. The Morgan fingerprint density at radius 2 is 1.53 bits per heavy atom. The number of amides is 2. The molecule has 0 aromatic heterocycles. The topological polar surface area (TPSA) is 67.9 Å². The number of nitrogens with one attached hydrogen (secondary N) is 1. The van der Waals surface area contributed by atoms with Crippen molar-refractivity contribution < 1.29 is 19.1 Å². The Morgan fingerprint density at radius 1 is 0.900 bits per heavy atom. The standard InChI is InChI=1S/C24H22N2O4/c1-29-20-13-9-19(10-14-20)26-16-17(15-23(26)27)24(28)25-18-7-11-22(12-8-18)30-21-5-3-2-4-6-21/h2-14,17H,15-16H2,1H3,(H,25,28). The highest BCUT2D eigenvalue weighted by molar-refractivity contribution is 6.03. The summed E-state index contributed by atoms with van der Waals surface area (Å²) in [6, 6.07) is 23.9. The first-order chi connectivity index (χ1) is 14.6. The van der Waals surface area contributed by atoms with Gasteiger partial charge in [0.1, 0.15) is 17.2 Å². The predicted molar refractivity (Wildman–Crippen MR) is 115 cm³/mol. The average Bonchev–Trinajstić information content (AvgIpc) is 3.18. The number of hydrogen-bond donors (Lipinski definition) is 1. The first-order valence-electron chi connectivity index (χ1n) is 9.70. The number of carbonyl (C=O) groups is 2. The average molecular weight is 402 g/mol. The molecule has 0 saturated carbocycles. The number of nitrogens with zero attached hydrogens (tertiary/aromatic N) is 1. The second-order valence-electron chi connectivity index (χ2n) is 7.03. The van der Waals surface area contributed by atoms with Crippen LogP contribution in [0.25, 0.3) is 0 Å². The van der Waals surface area contributed by atoms with Crippen molar-refractivity contribution >= 4 is 23.2 Å². The van der Waals surface area contributed by atoms with E-state index < -0.39 is 5.92 Å². The molecule has 3 aromatic carbocycles. The fraction of sp³-hybridized carbons (Fsp3) is 0.167. The molecule has 30 heavy (non-hydrogen) atoms. The molecule has 1 aliphatic heterocycles. The van der Waals surface area contributed by atoms with Gasteiger partial charge < -0.3 is 19.7 Å². The predicted octanol–water partition coefficient (Wildman–Crippen LogP) is 4.48. The van der Waals surface area contributed by atoms with Crippen molar-refractivity contribution in [2.24, 2.45) is 5.92 Å². The van der Waals surface area contributed by atoms with Crippen molar-refractivity contribution in [3.63, 3.8) is 0 Å². The van der Waals surface area contributed by atoms with E-state index in [0.29, 0.717) is 18.0 Å². The minimum absolute atomic E-state index is 0.0630. The number of rotatable bonds is 6. The van der Waals surface area contributed by atoms with Crippen LogP contribution in [0.2, 0.25) is 0 Å². The van der Waals surface area contributed by atoms with Crippen LogP contribution < -0.4 is 19.7 Å². The summed E-state index contributed by atoms with van der Waals surface area (Å²) in [6.45, 7) is 0.353. The molecule has 0 aliphatic carbocycles. The fourth-order valence-electron chi connectivity index (χ4n) is 3.37.